The van der Waals surface area contributed by atoms with Gasteiger partial charge in [-0.15, -0.1) is 23.5 Å². The Balaban J connectivity index is 4.13. The second kappa shape index (κ2) is 12.4. The van der Waals surface area contributed by atoms with Gasteiger partial charge in [-0.3, -0.25) is 19.8 Å². The number of hydrogen-bond acceptors (Lipinski definition) is 6. The number of Topliss-reactive ketones (excluding diaryl/α,β-unsaturated/α-hetero) is 1. The van der Waals surface area contributed by atoms with Crippen LogP contribution >= 0.6 is 23.5 Å². The van der Waals surface area contributed by atoms with Crippen molar-refractivity contribution in [2.45, 2.75) is 57.5 Å². The molecule has 0 aliphatic rings. The fourth-order valence-electron chi connectivity index (χ4n) is 1.67. The second-order valence-corrected chi connectivity index (χ2v) is 8.89. The minimum Gasteiger partial charge on any atom is -0.480 e. The van der Waals surface area contributed by atoms with E-state index in [0.717, 1.165) is 6.42 Å². The van der Waals surface area contributed by atoms with Crippen molar-refractivity contribution in [1.29, 1.82) is 5.41 Å². The van der Waals surface area contributed by atoms with Crippen molar-refractivity contribution in [3.05, 3.63) is 0 Å². The van der Waals surface area contributed by atoms with Crippen LogP contribution in [0.1, 0.15) is 47.0 Å². The summed E-state index contributed by atoms with van der Waals surface area (Å²) < 4.78 is 0. The van der Waals surface area contributed by atoms with Crippen LogP contribution in [-0.4, -0.2) is 50.6 Å². The number of rotatable bonds is 12. The first kappa shape index (κ1) is 23.0. The number of thioether (sulfide) groups is 2. The predicted octanol–water partition coefficient (Wildman–Crippen LogP) is 2.80. The molecule has 0 aliphatic carbocycles. The molecule has 0 radical (unpaired) electrons. The molecule has 0 aromatic rings. The molecule has 0 heterocycles. The Morgan fingerprint density at radius 3 is 2.33 bits per heavy atom. The van der Waals surface area contributed by atoms with Gasteiger partial charge < -0.3 is 10.4 Å². The van der Waals surface area contributed by atoms with E-state index in [1.165, 1.54) is 30.4 Å². The van der Waals surface area contributed by atoms with Crippen LogP contribution < -0.4 is 5.32 Å². The average Bonchev–Trinajstić information content (AvgIpc) is 2.46. The third-order valence-electron chi connectivity index (χ3n) is 3.19. The summed E-state index contributed by atoms with van der Waals surface area (Å²) in [7, 11) is 0. The van der Waals surface area contributed by atoms with Gasteiger partial charge >= 0.3 is 5.97 Å². The van der Waals surface area contributed by atoms with Crippen LogP contribution in [0, 0.1) is 11.3 Å². The van der Waals surface area contributed by atoms with Gasteiger partial charge in [-0.1, -0.05) is 20.8 Å². The van der Waals surface area contributed by atoms with Gasteiger partial charge in [0.1, 0.15) is 11.0 Å². The number of aliphatic carboxylic acids is 1. The molecule has 0 aromatic heterocycles. The van der Waals surface area contributed by atoms with E-state index in [2.05, 4.69) is 5.32 Å². The van der Waals surface area contributed by atoms with Gasteiger partial charge in [-0.2, -0.15) is 0 Å². The topological polar surface area (TPSA) is 107 Å². The van der Waals surface area contributed by atoms with Crippen molar-refractivity contribution in [1.82, 2.24) is 5.32 Å². The van der Waals surface area contributed by atoms with E-state index in [-0.39, 0.29) is 30.6 Å². The highest BCUT2D eigenvalue weighted by molar-refractivity contribution is 8.14. The van der Waals surface area contributed by atoms with E-state index in [4.69, 9.17) is 5.41 Å². The number of carbonyl (C=O) groups excluding carboxylic acids is 2. The number of amides is 1. The molecule has 0 aromatic carbocycles. The summed E-state index contributed by atoms with van der Waals surface area (Å²) in [5, 5.41) is 19.8. The zero-order valence-electron chi connectivity index (χ0n) is 14.8. The smallest absolute Gasteiger partial charge is 0.317 e. The average molecular weight is 377 g/mol. The lowest BCUT2D eigenvalue weighted by molar-refractivity contribution is -0.138. The summed E-state index contributed by atoms with van der Waals surface area (Å²) in [5.74, 6) is -1.06. The van der Waals surface area contributed by atoms with Crippen molar-refractivity contribution >= 4 is 46.2 Å². The largest absolute Gasteiger partial charge is 0.480 e. The third kappa shape index (κ3) is 11.5. The van der Waals surface area contributed by atoms with Crippen LogP contribution in [-0.2, 0) is 14.4 Å². The maximum atomic E-state index is 11.8. The SMILES string of the molecule is CC(=O)C(C)CNC(=O)CC(SCCCC(=N)SC(C)C)C(=O)O. The molecule has 3 N–H and O–H groups in total. The fourth-order valence-corrected chi connectivity index (χ4v) is 3.51. The lowest BCUT2D eigenvalue weighted by Crippen LogP contribution is -2.34. The van der Waals surface area contributed by atoms with Gasteiger partial charge in [0.05, 0.1) is 5.04 Å². The predicted molar refractivity (Wildman–Crippen MR) is 101 cm³/mol. The molecule has 6 nitrogen and oxygen atoms in total. The molecule has 1 amide bonds. The van der Waals surface area contributed by atoms with E-state index in [0.29, 0.717) is 22.5 Å². The lowest BCUT2D eigenvalue weighted by Gasteiger charge is -2.14. The highest BCUT2D eigenvalue weighted by atomic mass is 32.2. The van der Waals surface area contributed by atoms with E-state index < -0.39 is 11.2 Å². The lowest BCUT2D eigenvalue weighted by atomic mass is 10.1. The van der Waals surface area contributed by atoms with Gasteiger partial charge in [0.15, 0.2) is 0 Å². The summed E-state index contributed by atoms with van der Waals surface area (Å²) in [6.45, 7) is 7.47. The summed E-state index contributed by atoms with van der Waals surface area (Å²) in [5.41, 5.74) is 0. The zero-order chi connectivity index (χ0) is 18.7. The summed E-state index contributed by atoms with van der Waals surface area (Å²) in [6, 6.07) is 0. The number of carboxylic acids is 1. The van der Waals surface area contributed by atoms with Crippen LogP contribution in [0.25, 0.3) is 0 Å². The number of carbonyl (C=O) groups is 3. The maximum absolute atomic E-state index is 11.8. The van der Waals surface area contributed by atoms with E-state index in [1.54, 1.807) is 6.92 Å². The van der Waals surface area contributed by atoms with Crippen molar-refractivity contribution in [3.63, 3.8) is 0 Å². The van der Waals surface area contributed by atoms with Crippen molar-refractivity contribution in [2.24, 2.45) is 5.92 Å². The molecule has 0 saturated heterocycles. The van der Waals surface area contributed by atoms with Gasteiger partial charge in [0.2, 0.25) is 5.91 Å². The van der Waals surface area contributed by atoms with Crippen LogP contribution in [0.4, 0.5) is 0 Å². The van der Waals surface area contributed by atoms with E-state index >= 15 is 0 Å². The molecule has 8 heteroatoms. The Kier molecular flexibility index (Phi) is 11.8. The highest BCUT2D eigenvalue weighted by Crippen LogP contribution is 2.20. The van der Waals surface area contributed by atoms with Gasteiger partial charge in [0.25, 0.3) is 0 Å². The van der Waals surface area contributed by atoms with E-state index in [9.17, 15) is 19.5 Å². The van der Waals surface area contributed by atoms with Crippen LogP contribution in [0.2, 0.25) is 0 Å². The minimum absolute atomic E-state index is 0.0128. The molecule has 0 bridgehead atoms. The molecular formula is C16H28N2O4S2. The third-order valence-corrected chi connectivity index (χ3v) is 5.45. The van der Waals surface area contributed by atoms with Gasteiger partial charge in [-0.25, -0.2) is 0 Å². The molecule has 0 rings (SSSR count). The van der Waals surface area contributed by atoms with Crippen molar-refractivity contribution < 1.29 is 19.5 Å². The highest BCUT2D eigenvalue weighted by Gasteiger charge is 2.22. The molecule has 0 fully saturated rings. The molecule has 0 aliphatic heterocycles. The molecular weight excluding hydrogens is 348 g/mol. The Morgan fingerprint density at radius 1 is 1.21 bits per heavy atom. The molecule has 24 heavy (non-hydrogen) atoms. The van der Waals surface area contributed by atoms with E-state index in [1.807, 2.05) is 13.8 Å². The molecule has 0 saturated carbocycles. The van der Waals surface area contributed by atoms with Gasteiger partial charge in [0, 0.05) is 24.1 Å². The normalized spacial score (nSPS) is 13.4. The van der Waals surface area contributed by atoms with Crippen molar-refractivity contribution in [2.75, 3.05) is 12.3 Å². The number of hydrogen-bond donors (Lipinski definition) is 3. The van der Waals surface area contributed by atoms with Crippen molar-refractivity contribution in [3.8, 4) is 0 Å². The summed E-state index contributed by atoms with van der Waals surface area (Å²) in [6.07, 6.45) is 1.24. The van der Waals surface area contributed by atoms with Crippen LogP contribution in [0.5, 0.6) is 0 Å². The second-order valence-electron chi connectivity index (χ2n) is 5.91. The molecule has 0 spiro atoms. The first-order chi connectivity index (χ1) is 11.1. The maximum Gasteiger partial charge on any atom is 0.317 e. The first-order valence-corrected chi connectivity index (χ1v) is 9.92. The Hall–Kier alpha value is -1.02. The summed E-state index contributed by atoms with van der Waals surface area (Å²) >= 11 is 2.73. The number of carboxylic acid groups (broad SMARTS) is 1. The quantitative estimate of drug-likeness (QED) is 0.275. The number of ketones is 1. The number of nitrogens with one attached hydrogen (secondary N) is 2. The Bertz CT molecular complexity index is 455. The summed E-state index contributed by atoms with van der Waals surface area (Å²) in [4.78, 5) is 34.2. The monoisotopic (exact) mass is 376 g/mol. The van der Waals surface area contributed by atoms with Gasteiger partial charge in [-0.05, 0) is 25.5 Å². The molecule has 138 valence electrons. The molecule has 2 atom stereocenters. The Labute approximate surface area is 152 Å². The minimum atomic E-state index is -1.01. The van der Waals surface area contributed by atoms with Crippen LogP contribution in [0.15, 0.2) is 0 Å². The zero-order valence-corrected chi connectivity index (χ0v) is 16.4. The first-order valence-electron chi connectivity index (χ1n) is 7.99. The van der Waals surface area contributed by atoms with Crippen LogP contribution in [0.3, 0.4) is 0 Å². The Morgan fingerprint density at radius 2 is 1.83 bits per heavy atom. The standard InChI is InChI=1S/C16H28N2O4S2/c1-10(2)24-14(17)6-5-7-23-13(16(21)22)8-15(20)18-9-11(3)12(4)19/h10-11,13,17H,5-9H2,1-4H3,(H,18,20)(H,21,22). The molecule has 2 unspecified atom stereocenters. The fraction of sp³-hybridized carbons (Fsp3) is 0.750.